The SMILES string of the molecule is Cc1cc(NS(=O)(=O)c2ccc3[nH]c(=O)oc3c2)ccc1-n1cnnn1. The molecule has 2 aromatic heterocycles. The summed E-state index contributed by atoms with van der Waals surface area (Å²) in [6, 6.07) is 9.13. The Morgan fingerprint density at radius 1 is 1.19 bits per heavy atom. The van der Waals surface area contributed by atoms with Crippen molar-refractivity contribution in [1.29, 1.82) is 0 Å². The second kappa shape index (κ2) is 5.81. The van der Waals surface area contributed by atoms with Crippen molar-refractivity contribution >= 4 is 26.8 Å². The minimum absolute atomic E-state index is 0.0186. The summed E-state index contributed by atoms with van der Waals surface area (Å²) in [5.41, 5.74) is 2.49. The van der Waals surface area contributed by atoms with E-state index in [0.29, 0.717) is 11.2 Å². The lowest BCUT2D eigenvalue weighted by molar-refractivity contribution is 0.554. The van der Waals surface area contributed by atoms with Gasteiger partial charge in [-0.2, -0.15) is 0 Å². The van der Waals surface area contributed by atoms with E-state index in [1.165, 1.54) is 29.2 Å². The average molecular weight is 372 g/mol. The first kappa shape index (κ1) is 16.0. The molecule has 0 saturated carbocycles. The predicted molar refractivity (Wildman–Crippen MR) is 91.5 cm³/mol. The predicted octanol–water partition coefficient (Wildman–Crippen LogP) is 1.21. The number of hydrogen-bond acceptors (Lipinski definition) is 7. The Morgan fingerprint density at radius 2 is 2.04 bits per heavy atom. The van der Waals surface area contributed by atoms with Gasteiger partial charge in [0.15, 0.2) is 5.58 Å². The van der Waals surface area contributed by atoms with Crippen molar-refractivity contribution in [2.24, 2.45) is 0 Å². The number of benzene rings is 2. The van der Waals surface area contributed by atoms with Crippen molar-refractivity contribution in [1.82, 2.24) is 25.2 Å². The van der Waals surface area contributed by atoms with Crippen LogP contribution in [0.5, 0.6) is 0 Å². The molecule has 0 aliphatic heterocycles. The van der Waals surface area contributed by atoms with E-state index in [-0.39, 0.29) is 10.5 Å². The molecule has 0 saturated heterocycles. The Hall–Kier alpha value is -3.47. The summed E-state index contributed by atoms with van der Waals surface area (Å²) in [6.07, 6.45) is 1.45. The highest BCUT2D eigenvalue weighted by Crippen LogP contribution is 2.22. The van der Waals surface area contributed by atoms with Crippen molar-refractivity contribution < 1.29 is 12.8 Å². The Kier molecular flexibility index (Phi) is 3.58. The lowest BCUT2D eigenvalue weighted by Gasteiger charge is -2.11. The molecule has 132 valence electrons. The third-order valence-electron chi connectivity index (χ3n) is 3.75. The summed E-state index contributed by atoms with van der Waals surface area (Å²) in [7, 11) is -3.85. The minimum Gasteiger partial charge on any atom is -0.408 e. The van der Waals surface area contributed by atoms with Gasteiger partial charge < -0.3 is 4.42 Å². The van der Waals surface area contributed by atoms with Crippen molar-refractivity contribution in [3.05, 3.63) is 58.8 Å². The highest BCUT2D eigenvalue weighted by molar-refractivity contribution is 7.92. The van der Waals surface area contributed by atoms with E-state index in [1.807, 2.05) is 6.92 Å². The topological polar surface area (TPSA) is 136 Å². The molecule has 4 aromatic rings. The van der Waals surface area contributed by atoms with Gasteiger partial charge in [0.1, 0.15) is 6.33 Å². The van der Waals surface area contributed by atoms with Crippen LogP contribution >= 0.6 is 0 Å². The zero-order valence-corrected chi connectivity index (χ0v) is 14.2. The number of rotatable bonds is 4. The Labute approximate surface area is 146 Å². The van der Waals surface area contributed by atoms with Gasteiger partial charge in [0.05, 0.1) is 16.1 Å². The van der Waals surface area contributed by atoms with E-state index in [1.54, 1.807) is 18.2 Å². The third-order valence-corrected chi connectivity index (χ3v) is 5.13. The molecule has 0 radical (unpaired) electrons. The van der Waals surface area contributed by atoms with Crippen LogP contribution in [-0.4, -0.2) is 33.6 Å². The summed E-state index contributed by atoms with van der Waals surface area (Å²) in [4.78, 5) is 13.6. The summed E-state index contributed by atoms with van der Waals surface area (Å²) >= 11 is 0. The van der Waals surface area contributed by atoms with Crippen molar-refractivity contribution in [3.63, 3.8) is 0 Å². The molecule has 0 fully saturated rings. The maximum atomic E-state index is 12.6. The molecule has 4 rings (SSSR count). The molecular weight excluding hydrogens is 360 g/mol. The Bertz CT molecular complexity index is 1260. The highest BCUT2D eigenvalue weighted by atomic mass is 32.2. The number of anilines is 1. The first-order chi connectivity index (χ1) is 12.4. The van der Waals surface area contributed by atoms with Crippen LogP contribution in [0.15, 0.2) is 56.8 Å². The second-order valence-electron chi connectivity index (χ2n) is 5.53. The molecule has 0 aliphatic rings. The maximum absolute atomic E-state index is 12.6. The van der Waals surface area contributed by atoms with Gasteiger partial charge in [-0.1, -0.05) is 0 Å². The summed E-state index contributed by atoms with van der Waals surface area (Å²) in [5.74, 6) is -0.642. The van der Waals surface area contributed by atoms with Gasteiger partial charge >= 0.3 is 5.76 Å². The molecule has 0 spiro atoms. The lowest BCUT2D eigenvalue weighted by Crippen LogP contribution is -2.13. The Morgan fingerprint density at radius 3 is 2.77 bits per heavy atom. The number of H-pyrrole nitrogens is 1. The van der Waals surface area contributed by atoms with E-state index in [0.717, 1.165) is 11.3 Å². The number of aromatic amines is 1. The van der Waals surface area contributed by atoms with Gasteiger partial charge in [-0.3, -0.25) is 9.71 Å². The van der Waals surface area contributed by atoms with Crippen molar-refractivity contribution in [2.45, 2.75) is 11.8 Å². The van der Waals surface area contributed by atoms with Gasteiger partial charge in [0.2, 0.25) is 0 Å². The summed E-state index contributed by atoms with van der Waals surface area (Å²) < 4.78 is 34.1. The second-order valence-corrected chi connectivity index (χ2v) is 7.22. The number of aryl methyl sites for hydroxylation is 1. The molecule has 2 N–H and O–H groups in total. The normalized spacial score (nSPS) is 11.7. The van der Waals surface area contributed by atoms with Gasteiger partial charge in [-0.15, -0.1) is 5.10 Å². The molecule has 0 atom stereocenters. The van der Waals surface area contributed by atoms with Crippen LogP contribution in [0.25, 0.3) is 16.8 Å². The number of fused-ring (bicyclic) bond motifs is 1. The fraction of sp³-hybridized carbons (Fsp3) is 0.0667. The highest BCUT2D eigenvalue weighted by Gasteiger charge is 2.17. The van der Waals surface area contributed by atoms with E-state index in [9.17, 15) is 13.2 Å². The third kappa shape index (κ3) is 2.84. The summed E-state index contributed by atoms with van der Waals surface area (Å²) in [5, 5.41) is 11.0. The molecule has 2 aromatic carbocycles. The van der Waals surface area contributed by atoms with Crippen LogP contribution in [0.3, 0.4) is 0 Å². The molecule has 2 heterocycles. The first-order valence-electron chi connectivity index (χ1n) is 7.42. The van der Waals surface area contributed by atoms with Gasteiger partial charge in [-0.05, 0) is 53.2 Å². The number of sulfonamides is 1. The number of tetrazole rings is 1. The lowest BCUT2D eigenvalue weighted by atomic mass is 10.2. The average Bonchev–Trinajstić information content (AvgIpc) is 3.22. The standard InChI is InChI=1S/C15H12N6O4S/c1-9-6-10(2-5-13(9)21-8-16-19-20-21)18-26(23,24)11-3-4-12-14(7-11)25-15(22)17-12/h2-8,18H,1H3,(H,17,22). The maximum Gasteiger partial charge on any atom is 0.417 e. The Balaban J connectivity index is 1.66. The van der Waals surface area contributed by atoms with Crippen molar-refractivity contribution in [3.8, 4) is 5.69 Å². The van der Waals surface area contributed by atoms with Crippen molar-refractivity contribution in [2.75, 3.05) is 4.72 Å². The molecule has 0 aliphatic carbocycles. The van der Waals surface area contributed by atoms with Crippen LogP contribution in [-0.2, 0) is 10.0 Å². The number of nitrogens with one attached hydrogen (secondary N) is 2. The largest absolute Gasteiger partial charge is 0.417 e. The number of nitrogens with zero attached hydrogens (tertiary/aromatic N) is 4. The van der Waals surface area contributed by atoms with Gasteiger partial charge in [-0.25, -0.2) is 17.9 Å². The molecule has 0 unspecified atom stereocenters. The molecule has 10 nitrogen and oxygen atoms in total. The minimum atomic E-state index is -3.85. The van der Waals surface area contributed by atoms with Crippen LogP contribution in [0.4, 0.5) is 5.69 Å². The number of aromatic nitrogens is 5. The smallest absolute Gasteiger partial charge is 0.408 e. The molecule has 0 amide bonds. The molecule has 11 heteroatoms. The first-order valence-corrected chi connectivity index (χ1v) is 8.90. The molecular formula is C15H12N6O4S. The fourth-order valence-corrected chi connectivity index (χ4v) is 3.62. The number of hydrogen-bond donors (Lipinski definition) is 2. The fourth-order valence-electron chi connectivity index (χ4n) is 2.55. The van der Waals surface area contributed by atoms with E-state index < -0.39 is 15.8 Å². The zero-order valence-electron chi connectivity index (χ0n) is 13.4. The van der Waals surface area contributed by atoms with Crippen LogP contribution in [0, 0.1) is 6.92 Å². The van der Waals surface area contributed by atoms with Gasteiger partial charge in [0.25, 0.3) is 10.0 Å². The van der Waals surface area contributed by atoms with E-state index in [2.05, 4.69) is 25.2 Å². The van der Waals surface area contributed by atoms with E-state index in [4.69, 9.17) is 4.42 Å². The molecule has 26 heavy (non-hydrogen) atoms. The number of oxazole rings is 1. The van der Waals surface area contributed by atoms with Crippen LogP contribution in [0.2, 0.25) is 0 Å². The zero-order chi connectivity index (χ0) is 18.3. The van der Waals surface area contributed by atoms with Crippen LogP contribution < -0.4 is 10.5 Å². The quantitative estimate of drug-likeness (QED) is 0.549. The van der Waals surface area contributed by atoms with E-state index >= 15 is 0 Å². The molecule has 0 bridgehead atoms. The van der Waals surface area contributed by atoms with Gasteiger partial charge in [0, 0.05) is 11.8 Å². The monoisotopic (exact) mass is 372 g/mol. The van der Waals surface area contributed by atoms with Crippen LogP contribution in [0.1, 0.15) is 5.56 Å². The summed E-state index contributed by atoms with van der Waals surface area (Å²) in [6.45, 7) is 1.81.